The molecule has 0 N–H and O–H groups in total. The highest BCUT2D eigenvalue weighted by molar-refractivity contribution is 8.04. The van der Waals surface area contributed by atoms with E-state index in [-0.39, 0.29) is 11.6 Å². The highest BCUT2D eigenvalue weighted by Crippen LogP contribution is 2.59. The lowest BCUT2D eigenvalue weighted by molar-refractivity contribution is -0.170. The Bertz CT molecular complexity index is 1050. The van der Waals surface area contributed by atoms with Gasteiger partial charge in [-0.05, 0) is 38.0 Å². The van der Waals surface area contributed by atoms with E-state index in [1.807, 2.05) is 53.5 Å². The smallest absolute Gasteiger partial charge is 0.461 e. The van der Waals surface area contributed by atoms with E-state index >= 15 is 0 Å². The number of rotatable bonds is 9. The zero-order valence-electron chi connectivity index (χ0n) is 22.3. The Morgan fingerprint density at radius 2 is 1.69 bits per heavy atom. The van der Waals surface area contributed by atoms with Crippen LogP contribution in [-0.4, -0.2) is 65.2 Å². The van der Waals surface area contributed by atoms with E-state index in [0.717, 1.165) is 4.90 Å². The molecule has 8 nitrogen and oxygen atoms in total. The summed E-state index contributed by atoms with van der Waals surface area (Å²) in [5.41, 5.74) is -7.58. The zero-order chi connectivity index (χ0) is 28.3. The Balaban J connectivity index is 2.40. The fourth-order valence-corrected chi connectivity index (χ4v) is 7.68. The van der Waals surface area contributed by atoms with Gasteiger partial charge in [0.15, 0.2) is 14.0 Å². The monoisotopic (exact) mass is 591 g/mol. The van der Waals surface area contributed by atoms with Crippen LogP contribution >= 0.6 is 11.8 Å². The fourth-order valence-electron chi connectivity index (χ4n) is 3.34. The average molecular weight is 592 g/mol. The topological polar surface area (TPSA) is 99.2 Å². The number of halogens is 3. The second kappa shape index (κ2) is 9.61. The molecule has 0 aromatic heterocycles. The molecule has 2 aliphatic heterocycles. The van der Waals surface area contributed by atoms with Crippen molar-refractivity contribution < 1.29 is 44.5 Å². The van der Waals surface area contributed by atoms with Crippen LogP contribution in [0.4, 0.5) is 13.2 Å². The predicted octanol–water partition coefficient (Wildman–Crippen LogP) is 5.23. The van der Waals surface area contributed by atoms with Gasteiger partial charge in [-0.3, -0.25) is 9.69 Å². The molecule has 0 spiro atoms. The standard InChI is InChI=1S/C21H36F3NO7S2Si2/c1-13(32-36(9,10)19(2,3)4)20(5)17(27)25-14(15(26)30-11-12-35(6,7)8)16(33-18(20)25)31-34(28,29)21(22,23)24/h13,18H,11-12H2,1-10H3/t13-,18-,20+/m1/s1. The molecule has 1 saturated heterocycles. The van der Waals surface area contributed by atoms with Gasteiger partial charge in [0.25, 0.3) is 0 Å². The van der Waals surface area contributed by atoms with Crippen molar-refractivity contribution in [3.63, 3.8) is 0 Å². The van der Waals surface area contributed by atoms with Gasteiger partial charge in [0.2, 0.25) is 11.0 Å². The van der Waals surface area contributed by atoms with E-state index in [2.05, 4.69) is 4.18 Å². The fraction of sp³-hybridized carbons (Fsp3) is 0.810. The molecular formula is C21H36F3NO7S2Si2. The molecule has 1 fully saturated rings. The lowest BCUT2D eigenvalue weighted by Crippen LogP contribution is -2.69. The third kappa shape index (κ3) is 5.84. The number of fused-ring (bicyclic) bond motifs is 1. The van der Waals surface area contributed by atoms with E-state index < -0.39 is 71.6 Å². The van der Waals surface area contributed by atoms with Gasteiger partial charge in [-0.2, -0.15) is 21.6 Å². The minimum Gasteiger partial charge on any atom is -0.461 e. The molecule has 0 aliphatic carbocycles. The molecule has 0 aromatic carbocycles. The highest BCUT2D eigenvalue weighted by Gasteiger charge is 2.68. The van der Waals surface area contributed by atoms with Gasteiger partial charge in [-0.1, -0.05) is 52.2 Å². The molecule has 0 bridgehead atoms. The molecule has 1 amide bonds. The van der Waals surface area contributed by atoms with Crippen LogP contribution in [0.2, 0.25) is 43.8 Å². The molecule has 0 saturated carbocycles. The Hall–Kier alpha value is -1.04. The second-order valence-electron chi connectivity index (χ2n) is 12.0. The minimum atomic E-state index is -6.08. The van der Waals surface area contributed by atoms with Crippen molar-refractivity contribution in [3.05, 3.63) is 10.8 Å². The summed E-state index contributed by atoms with van der Waals surface area (Å²) in [5, 5.41) is -1.90. The Morgan fingerprint density at radius 1 is 1.17 bits per heavy atom. The van der Waals surface area contributed by atoms with E-state index in [1.54, 1.807) is 13.8 Å². The summed E-state index contributed by atoms with van der Waals surface area (Å²) < 4.78 is 78.7. The number of hydrogen-bond donors (Lipinski definition) is 0. The molecule has 15 heteroatoms. The Kier molecular flexibility index (Phi) is 8.33. The zero-order valence-corrected chi connectivity index (χ0v) is 26.0. The van der Waals surface area contributed by atoms with Gasteiger partial charge in [0.05, 0.1) is 12.7 Å². The number of ether oxygens (including phenoxy) is 1. The molecule has 208 valence electrons. The maximum absolute atomic E-state index is 13.4. The van der Waals surface area contributed by atoms with Crippen molar-refractivity contribution in [1.29, 1.82) is 0 Å². The number of carbonyl (C=O) groups excluding carboxylic acids is 2. The van der Waals surface area contributed by atoms with E-state index in [0.29, 0.717) is 17.8 Å². The lowest BCUT2D eigenvalue weighted by atomic mass is 9.75. The van der Waals surface area contributed by atoms with Gasteiger partial charge in [0.1, 0.15) is 10.8 Å². The molecular weight excluding hydrogens is 556 g/mol. The van der Waals surface area contributed by atoms with Crippen molar-refractivity contribution in [2.24, 2.45) is 5.41 Å². The molecule has 0 unspecified atom stereocenters. The summed E-state index contributed by atoms with van der Waals surface area (Å²) in [6.45, 7) is 19.5. The van der Waals surface area contributed by atoms with Crippen LogP contribution in [0.15, 0.2) is 10.8 Å². The predicted molar refractivity (Wildman–Crippen MR) is 136 cm³/mol. The largest absolute Gasteiger partial charge is 0.534 e. The van der Waals surface area contributed by atoms with E-state index in [9.17, 15) is 31.2 Å². The summed E-state index contributed by atoms with van der Waals surface area (Å²) >= 11 is 0.578. The Labute approximate surface area is 217 Å². The van der Waals surface area contributed by atoms with Crippen LogP contribution in [0.25, 0.3) is 0 Å². The average Bonchev–Trinajstić information content (AvgIpc) is 2.99. The molecule has 3 atom stereocenters. The van der Waals surface area contributed by atoms with Crippen LogP contribution in [0, 0.1) is 5.41 Å². The van der Waals surface area contributed by atoms with Crippen molar-refractivity contribution in [2.75, 3.05) is 6.61 Å². The molecule has 0 radical (unpaired) electrons. The van der Waals surface area contributed by atoms with Gasteiger partial charge in [-0.15, -0.1) is 0 Å². The third-order valence-electron chi connectivity index (χ3n) is 6.95. The summed E-state index contributed by atoms with van der Waals surface area (Å²) in [4.78, 5) is 27.3. The Morgan fingerprint density at radius 3 is 2.14 bits per heavy atom. The van der Waals surface area contributed by atoms with Crippen molar-refractivity contribution in [3.8, 4) is 0 Å². The van der Waals surface area contributed by atoms with Gasteiger partial charge >= 0.3 is 21.6 Å². The minimum absolute atomic E-state index is 0.0170. The number of nitrogens with zero attached hydrogens (tertiary/aromatic N) is 1. The molecule has 2 aliphatic rings. The van der Waals surface area contributed by atoms with Gasteiger partial charge < -0.3 is 13.3 Å². The highest BCUT2D eigenvalue weighted by atomic mass is 32.2. The maximum atomic E-state index is 13.4. The molecule has 2 rings (SSSR count). The van der Waals surface area contributed by atoms with Crippen LogP contribution in [0.1, 0.15) is 34.6 Å². The summed E-state index contributed by atoms with van der Waals surface area (Å²) in [5.74, 6) is -1.68. The summed E-state index contributed by atoms with van der Waals surface area (Å²) in [6, 6.07) is 0.572. The molecule has 36 heavy (non-hydrogen) atoms. The first-order valence-electron chi connectivity index (χ1n) is 11.5. The second-order valence-corrected chi connectivity index (χ2v) is 25.0. The first-order valence-corrected chi connectivity index (χ1v) is 20.4. The number of alkyl halides is 3. The van der Waals surface area contributed by atoms with Crippen LogP contribution in [0.3, 0.4) is 0 Å². The van der Waals surface area contributed by atoms with Crippen molar-refractivity contribution in [1.82, 2.24) is 4.90 Å². The SMILES string of the molecule is C[C@@H](O[Si](C)(C)C(C)(C)C)[C@@]1(C)C(=O)N2C(C(=O)OCC[Si](C)(C)C)=C(OS(=O)(=O)C(F)(F)F)S[C@@H]21. The van der Waals surface area contributed by atoms with Crippen LogP contribution < -0.4 is 0 Å². The number of amides is 1. The summed E-state index contributed by atoms with van der Waals surface area (Å²) in [6.07, 6.45) is -0.664. The van der Waals surface area contributed by atoms with Crippen LogP contribution in [-0.2, 0) is 33.1 Å². The van der Waals surface area contributed by atoms with Gasteiger partial charge in [-0.25, -0.2) is 4.79 Å². The normalized spacial score (nSPS) is 24.4. The van der Waals surface area contributed by atoms with Crippen LogP contribution in [0.5, 0.6) is 0 Å². The first-order chi connectivity index (χ1) is 15.9. The third-order valence-corrected chi connectivity index (χ3v) is 15.7. The number of carbonyl (C=O) groups is 2. The van der Waals surface area contributed by atoms with E-state index in [1.165, 1.54) is 0 Å². The molecule has 2 heterocycles. The first kappa shape index (κ1) is 31.2. The quantitative estimate of drug-likeness (QED) is 0.118. The van der Waals surface area contributed by atoms with Gasteiger partial charge in [0, 0.05) is 8.07 Å². The number of hydrogen-bond acceptors (Lipinski definition) is 8. The lowest BCUT2D eigenvalue weighted by Gasteiger charge is -2.54. The number of β-lactam (4-membered cyclic amide) rings is 1. The number of thioether (sulfide) groups is 1. The van der Waals surface area contributed by atoms with Crippen molar-refractivity contribution in [2.45, 2.75) is 95.4 Å². The number of esters is 1. The summed E-state index contributed by atoms with van der Waals surface area (Å²) in [7, 11) is -10.0. The molecule has 0 aromatic rings. The van der Waals surface area contributed by atoms with E-state index in [4.69, 9.17) is 9.16 Å². The van der Waals surface area contributed by atoms with Crippen molar-refractivity contribution >= 4 is 50.1 Å². The maximum Gasteiger partial charge on any atom is 0.534 e.